The van der Waals surface area contributed by atoms with Gasteiger partial charge < -0.3 is 0 Å². The maximum absolute atomic E-state index is 14.5. The number of alkyl halides is 3. The van der Waals surface area contributed by atoms with E-state index in [0.717, 1.165) is 24.0 Å². The summed E-state index contributed by atoms with van der Waals surface area (Å²) >= 11 is 0. The number of aryl methyl sites for hydroxylation is 1. The zero-order chi connectivity index (χ0) is 22.6. The van der Waals surface area contributed by atoms with E-state index in [1.54, 1.807) is 6.07 Å². The van der Waals surface area contributed by atoms with Gasteiger partial charge in [0.1, 0.15) is 23.0 Å². The second-order valence-corrected chi connectivity index (χ2v) is 6.78. The monoisotopic (exact) mass is 430 g/mol. The second kappa shape index (κ2) is 9.13. The first-order valence-corrected chi connectivity index (χ1v) is 9.27. The van der Waals surface area contributed by atoms with E-state index in [9.17, 15) is 26.3 Å². The van der Waals surface area contributed by atoms with Crippen LogP contribution >= 0.6 is 0 Å². The zero-order valence-electron chi connectivity index (χ0n) is 16.2. The summed E-state index contributed by atoms with van der Waals surface area (Å²) in [5, 5.41) is 0. The highest BCUT2D eigenvalue weighted by atomic mass is 19.4. The Morgan fingerprint density at radius 2 is 1.39 bits per heavy atom. The van der Waals surface area contributed by atoms with Crippen molar-refractivity contribution in [3.63, 3.8) is 0 Å². The lowest BCUT2D eigenvalue weighted by Crippen LogP contribution is -2.11. The maximum Gasteiger partial charge on any atom is 0.422 e. The molecule has 158 valence electrons. The zero-order valence-corrected chi connectivity index (χ0v) is 16.2. The largest absolute Gasteiger partial charge is 0.422 e. The Morgan fingerprint density at radius 1 is 0.774 bits per heavy atom. The number of halogens is 6. The molecule has 0 nitrogen and oxygen atoms in total. The van der Waals surface area contributed by atoms with Crippen molar-refractivity contribution >= 4 is 0 Å². The fourth-order valence-corrected chi connectivity index (χ4v) is 2.98. The van der Waals surface area contributed by atoms with Gasteiger partial charge in [-0.15, -0.1) is 6.58 Å². The highest BCUT2D eigenvalue weighted by Crippen LogP contribution is 2.33. The normalized spacial score (nSPS) is 11.0. The Morgan fingerprint density at radius 3 is 1.94 bits per heavy atom. The lowest BCUT2D eigenvalue weighted by atomic mass is 10.0. The van der Waals surface area contributed by atoms with Gasteiger partial charge in [0.25, 0.3) is 0 Å². The third-order valence-electron chi connectivity index (χ3n) is 4.56. The SMILES string of the molecule is C=CCCc1ccc(-c2ccc(C#Cc3cc(F)c(C(F)(F)F)c(F)c3)c(F)c2)cc1. The van der Waals surface area contributed by atoms with Gasteiger partial charge in [0, 0.05) is 5.56 Å². The van der Waals surface area contributed by atoms with Crippen LogP contribution in [0.4, 0.5) is 26.3 Å². The van der Waals surface area contributed by atoms with Crippen molar-refractivity contribution < 1.29 is 26.3 Å². The van der Waals surface area contributed by atoms with Crippen molar-refractivity contribution in [2.45, 2.75) is 19.0 Å². The van der Waals surface area contributed by atoms with Gasteiger partial charge in [0.15, 0.2) is 0 Å². The second-order valence-electron chi connectivity index (χ2n) is 6.78. The summed E-state index contributed by atoms with van der Waals surface area (Å²) in [4.78, 5) is 0. The minimum Gasteiger partial charge on any atom is -0.206 e. The molecule has 0 saturated heterocycles. The van der Waals surface area contributed by atoms with Gasteiger partial charge in [0.05, 0.1) is 5.56 Å². The van der Waals surface area contributed by atoms with E-state index in [4.69, 9.17) is 0 Å². The maximum atomic E-state index is 14.5. The molecule has 0 unspecified atom stereocenters. The molecular weight excluding hydrogens is 414 g/mol. The van der Waals surface area contributed by atoms with Gasteiger partial charge in [-0.05, 0) is 53.8 Å². The van der Waals surface area contributed by atoms with Crippen molar-refractivity contribution in [1.29, 1.82) is 0 Å². The van der Waals surface area contributed by atoms with Crippen LogP contribution in [0.5, 0.6) is 0 Å². The summed E-state index contributed by atoms with van der Waals surface area (Å²) in [5.74, 6) is 0.500. The molecule has 0 aliphatic carbocycles. The molecule has 3 rings (SSSR count). The van der Waals surface area contributed by atoms with Crippen molar-refractivity contribution in [2.75, 3.05) is 0 Å². The summed E-state index contributed by atoms with van der Waals surface area (Å²) in [6.45, 7) is 3.68. The summed E-state index contributed by atoms with van der Waals surface area (Å²) in [5.41, 5.74) is 0.179. The number of benzene rings is 3. The van der Waals surface area contributed by atoms with Crippen molar-refractivity contribution in [3.8, 4) is 23.0 Å². The van der Waals surface area contributed by atoms with Gasteiger partial charge in [-0.25, -0.2) is 13.2 Å². The molecule has 0 aromatic heterocycles. The number of rotatable bonds is 4. The smallest absolute Gasteiger partial charge is 0.206 e. The van der Waals surface area contributed by atoms with E-state index in [-0.39, 0.29) is 11.1 Å². The molecule has 0 bridgehead atoms. The van der Waals surface area contributed by atoms with E-state index < -0.39 is 29.2 Å². The van der Waals surface area contributed by atoms with Gasteiger partial charge in [0.2, 0.25) is 0 Å². The number of hydrogen-bond donors (Lipinski definition) is 0. The molecule has 0 N–H and O–H groups in total. The van der Waals surface area contributed by atoms with Crippen LogP contribution in [0.3, 0.4) is 0 Å². The van der Waals surface area contributed by atoms with Crippen molar-refractivity contribution in [3.05, 3.63) is 107 Å². The van der Waals surface area contributed by atoms with E-state index in [0.29, 0.717) is 17.7 Å². The van der Waals surface area contributed by atoms with Crippen molar-refractivity contribution in [2.24, 2.45) is 0 Å². The molecule has 31 heavy (non-hydrogen) atoms. The molecule has 0 aliphatic heterocycles. The van der Waals surface area contributed by atoms with Crippen LogP contribution in [-0.2, 0) is 12.6 Å². The predicted molar refractivity (Wildman–Crippen MR) is 108 cm³/mol. The molecule has 3 aromatic rings. The highest BCUT2D eigenvalue weighted by molar-refractivity contribution is 5.65. The molecule has 0 aliphatic rings. The minimum atomic E-state index is -5.16. The summed E-state index contributed by atoms with van der Waals surface area (Å²) in [6, 6.07) is 12.9. The van der Waals surface area contributed by atoms with Crippen LogP contribution in [0, 0.1) is 29.3 Å². The van der Waals surface area contributed by atoms with Crippen LogP contribution < -0.4 is 0 Å². The van der Waals surface area contributed by atoms with E-state index >= 15 is 0 Å². The molecule has 3 aromatic carbocycles. The third-order valence-corrected chi connectivity index (χ3v) is 4.56. The molecule has 0 atom stereocenters. The van der Waals surface area contributed by atoms with Crippen LogP contribution in [0.1, 0.15) is 28.7 Å². The Kier molecular flexibility index (Phi) is 6.55. The Bertz CT molecular complexity index is 1140. The first-order chi connectivity index (χ1) is 14.7. The van der Waals surface area contributed by atoms with E-state index in [1.165, 1.54) is 12.1 Å². The first-order valence-electron chi connectivity index (χ1n) is 9.27. The number of allylic oxidation sites excluding steroid dienone is 1. The fourth-order valence-electron chi connectivity index (χ4n) is 2.98. The van der Waals surface area contributed by atoms with Crippen LogP contribution in [0.25, 0.3) is 11.1 Å². The van der Waals surface area contributed by atoms with Crippen LogP contribution in [0.15, 0.2) is 67.3 Å². The molecular formula is C25H16F6. The molecule has 0 spiro atoms. The van der Waals surface area contributed by atoms with E-state index in [1.807, 2.05) is 30.3 Å². The van der Waals surface area contributed by atoms with Crippen LogP contribution in [0.2, 0.25) is 0 Å². The van der Waals surface area contributed by atoms with Gasteiger partial charge in [-0.1, -0.05) is 48.2 Å². The average Bonchev–Trinajstić information content (AvgIpc) is 2.70. The fraction of sp³-hybridized carbons (Fsp3) is 0.120. The van der Waals surface area contributed by atoms with Crippen molar-refractivity contribution in [1.82, 2.24) is 0 Å². The summed E-state index contributed by atoms with van der Waals surface area (Å²) < 4.78 is 79.6. The first kappa shape index (κ1) is 22.2. The Balaban J connectivity index is 1.84. The topological polar surface area (TPSA) is 0 Å². The Hall–Kier alpha value is -3.46. The van der Waals surface area contributed by atoms with E-state index in [2.05, 4.69) is 18.4 Å². The van der Waals surface area contributed by atoms with Gasteiger partial charge >= 0.3 is 6.18 Å². The molecule has 0 amide bonds. The molecule has 0 saturated carbocycles. The lowest BCUT2D eigenvalue weighted by Gasteiger charge is -2.09. The average molecular weight is 430 g/mol. The molecule has 0 fully saturated rings. The summed E-state index contributed by atoms with van der Waals surface area (Å²) in [6.07, 6.45) is -1.62. The van der Waals surface area contributed by atoms with Gasteiger partial charge in [-0.2, -0.15) is 13.2 Å². The van der Waals surface area contributed by atoms with Gasteiger partial charge in [-0.3, -0.25) is 0 Å². The molecule has 6 heteroatoms. The number of hydrogen-bond acceptors (Lipinski definition) is 0. The Labute approximate surface area is 175 Å². The standard InChI is InChI=1S/C25H16F6/c1-2-3-4-16-5-8-18(9-6-16)20-12-11-19(21(26)15-20)10-7-17-13-22(27)24(23(28)14-17)25(29,30)31/h2,5-6,8-9,11-15H,1,3-4H2. The third kappa shape index (κ3) is 5.37. The molecule has 0 heterocycles. The predicted octanol–water partition coefficient (Wildman–Crippen LogP) is 7.31. The van der Waals surface area contributed by atoms with Crippen LogP contribution in [-0.4, -0.2) is 0 Å². The highest BCUT2D eigenvalue weighted by Gasteiger charge is 2.37. The summed E-state index contributed by atoms with van der Waals surface area (Å²) in [7, 11) is 0. The lowest BCUT2D eigenvalue weighted by molar-refractivity contribution is -0.142. The quantitative estimate of drug-likeness (QED) is 0.231. The molecule has 0 radical (unpaired) electrons. The minimum absolute atomic E-state index is 0.0490.